The van der Waals surface area contributed by atoms with Crippen molar-refractivity contribution in [1.29, 1.82) is 0 Å². The van der Waals surface area contributed by atoms with Gasteiger partial charge in [0.2, 0.25) is 5.91 Å². The van der Waals surface area contributed by atoms with Crippen molar-refractivity contribution in [2.75, 3.05) is 13.2 Å². The second-order valence-corrected chi connectivity index (χ2v) is 24.6. The molecule has 6 nitrogen and oxygen atoms in total. The van der Waals surface area contributed by atoms with E-state index in [0.717, 1.165) is 44.9 Å². The molecule has 2 unspecified atom stereocenters. The first-order chi connectivity index (χ1) is 38.5. The maximum atomic E-state index is 12.5. The molecule has 0 bridgehead atoms. The van der Waals surface area contributed by atoms with Gasteiger partial charge in [-0.3, -0.25) is 9.59 Å². The quantitative estimate of drug-likeness (QED) is 0.0320. The maximum absolute atomic E-state index is 12.5. The van der Waals surface area contributed by atoms with Crippen molar-refractivity contribution in [3.05, 3.63) is 24.3 Å². The van der Waals surface area contributed by atoms with E-state index >= 15 is 0 Å². The van der Waals surface area contributed by atoms with E-state index in [-0.39, 0.29) is 18.5 Å². The standard InChI is InChI=1S/C72H139NO5/c1-3-5-7-9-11-13-15-17-19-34-37-40-44-48-52-56-60-64-70(75)69(68-74)73-71(76)65-61-57-53-49-45-41-38-35-32-30-28-26-24-22-20-21-23-25-27-29-31-33-36-39-43-47-51-55-59-63-67-78-72(77)66-62-58-54-50-46-42-18-16-14-12-10-8-6-4-2/h16,18,21,23,69-70,74-75H,3-15,17,19-20,22,24-68H2,1-2H3,(H,73,76)/b18-16-,23-21-. The molecule has 0 aromatic carbocycles. The Morgan fingerprint density at radius 2 is 0.603 bits per heavy atom. The monoisotopic (exact) mass is 1100 g/mol. The zero-order chi connectivity index (χ0) is 56.4. The molecule has 0 aromatic rings. The van der Waals surface area contributed by atoms with Gasteiger partial charge in [-0.15, -0.1) is 0 Å². The van der Waals surface area contributed by atoms with Gasteiger partial charge in [0.25, 0.3) is 0 Å². The number of carbonyl (C=O) groups is 2. The fraction of sp³-hybridized carbons (Fsp3) is 0.917. The van der Waals surface area contributed by atoms with Crippen LogP contribution in [0.2, 0.25) is 0 Å². The van der Waals surface area contributed by atoms with Crippen molar-refractivity contribution in [3.8, 4) is 0 Å². The summed E-state index contributed by atoms with van der Waals surface area (Å²) in [5, 5.41) is 23.4. The van der Waals surface area contributed by atoms with Gasteiger partial charge in [0.05, 0.1) is 25.4 Å². The van der Waals surface area contributed by atoms with Gasteiger partial charge >= 0.3 is 5.97 Å². The first-order valence-corrected chi connectivity index (χ1v) is 35.6. The molecule has 0 saturated heterocycles. The lowest BCUT2D eigenvalue weighted by atomic mass is 10.0. The molecule has 462 valence electrons. The van der Waals surface area contributed by atoms with Gasteiger partial charge in [0.15, 0.2) is 0 Å². The minimum atomic E-state index is -0.663. The molecule has 1 amide bonds. The summed E-state index contributed by atoms with van der Waals surface area (Å²) in [6.45, 7) is 4.98. The van der Waals surface area contributed by atoms with Crippen LogP contribution in [0, 0.1) is 0 Å². The van der Waals surface area contributed by atoms with Gasteiger partial charge < -0.3 is 20.3 Å². The Morgan fingerprint density at radius 1 is 0.346 bits per heavy atom. The van der Waals surface area contributed by atoms with Crippen LogP contribution in [0.3, 0.4) is 0 Å². The van der Waals surface area contributed by atoms with E-state index in [1.807, 2.05) is 0 Å². The second-order valence-electron chi connectivity index (χ2n) is 24.6. The molecule has 0 aromatic heterocycles. The highest BCUT2D eigenvalue weighted by Gasteiger charge is 2.20. The number of amides is 1. The number of hydrogen-bond donors (Lipinski definition) is 3. The maximum Gasteiger partial charge on any atom is 0.305 e. The SMILES string of the molecule is CCCCCCC/C=C\CCCCCCCC(=O)OCCCCCCCCCCCCCC/C=C\CCCCCCCCCCCCCCCCC(=O)NC(CO)C(O)CCCCCCCCCCCCCCCCCCC. The molecule has 6 heteroatoms. The van der Waals surface area contributed by atoms with E-state index in [9.17, 15) is 19.8 Å². The molecule has 3 N–H and O–H groups in total. The van der Waals surface area contributed by atoms with E-state index in [1.54, 1.807) is 0 Å². The van der Waals surface area contributed by atoms with Crippen LogP contribution in [0.25, 0.3) is 0 Å². The lowest BCUT2D eigenvalue weighted by Crippen LogP contribution is -2.45. The van der Waals surface area contributed by atoms with Gasteiger partial charge in [-0.25, -0.2) is 0 Å². The fourth-order valence-electron chi connectivity index (χ4n) is 11.3. The zero-order valence-corrected chi connectivity index (χ0v) is 52.9. The molecule has 0 aliphatic rings. The number of ether oxygens (including phenoxy) is 1. The summed E-state index contributed by atoms with van der Waals surface area (Å²) in [7, 11) is 0. The third kappa shape index (κ3) is 63.5. The van der Waals surface area contributed by atoms with Crippen LogP contribution in [0.15, 0.2) is 24.3 Å². The number of allylic oxidation sites excluding steroid dienone is 4. The average molecular weight is 1100 g/mol. The molecule has 78 heavy (non-hydrogen) atoms. The van der Waals surface area contributed by atoms with Gasteiger partial charge in [-0.05, 0) is 77.0 Å². The Bertz CT molecular complexity index is 1220. The number of esters is 1. The number of carbonyl (C=O) groups excluding carboxylic acids is 2. The summed E-state index contributed by atoms with van der Waals surface area (Å²) in [4.78, 5) is 24.6. The van der Waals surface area contributed by atoms with E-state index in [1.165, 1.54) is 321 Å². The highest BCUT2D eigenvalue weighted by Crippen LogP contribution is 2.19. The number of hydrogen-bond acceptors (Lipinski definition) is 5. The predicted octanol–water partition coefficient (Wildman–Crippen LogP) is 22.9. The fourth-order valence-corrected chi connectivity index (χ4v) is 11.3. The number of unbranched alkanes of at least 4 members (excludes halogenated alkanes) is 52. The van der Waals surface area contributed by atoms with Crippen molar-refractivity contribution < 1.29 is 24.5 Å². The van der Waals surface area contributed by atoms with Crippen molar-refractivity contribution in [1.82, 2.24) is 5.32 Å². The first-order valence-electron chi connectivity index (χ1n) is 35.6. The molecule has 0 aliphatic carbocycles. The van der Waals surface area contributed by atoms with E-state index in [2.05, 4.69) is 43.5 Å². The van der Waals surface area contributed by atoms with Crippen LogP contribution in [0.1, 0.15) is 399 Å². The topological polar surface area (TPSA) is 95.9 Å². The van der Waals surface area contributed by atoms with E-state index in [4.69, 9.17) is 4.74 Å². The smallest absolute Gasteiger partial charge is 0.305 e. The molecule has 0 heterocycles. The van der Waals surface area contributed by atoms with Gasteiger partial charge in [0, 0.05) is 12.8 Å². The van der Waals surface area contributed by atoms with Crippen LogP contribution in [-0.4, -0.2) is 47.4 Å². The third-order valence-electron chi connectivity index (χ3n) is 16.7. The Hall–Kier alpha value is -1.66. The minimum absolute atomic E-state index is 0.00919. The third-order valence-corrected chi connectivity index (χ3v) is 16.7. The summed E-state index contributed by atoms with van der Waals surface area (Å²) in [6.07, 6.45) is 85.2. The summed E-state index contributed by atoms with van der Waals surface area (Å²) < 4.78 is 5.49. The summed E-state index contributed by atoms with van der Waals surface area (Å²) in [5.41, 5.74) is 0. The molecular weight excluding hydrogens is 959 g/mol. The van der Waals surface area contributed by atoms with Crippen LogP contribution in [0.4, 0.5) is 0 Å². The van der Waals surface area contributed by atoms with Gasteiger partial charge in [-0.2, -0.15) is 0 Å². The zero-order valence-electron chi connectivity index (χ0n) is 52.9. The second kappa shape index (κ2) is 67.8. The average Bonchev–Trinajstić information content (AvgIpc) is 3.44. The van der Waals surface area contributed by atoms with Crippen molar-refractivity contribution >= 4 is 11.9 Å². The summed E-state index contributed by atoms with van der Waals surface area (Å²) >= 11 is 0. The lowest BCUT2D eigenvalue weighted by molar-refractivity contribution is -0.143. The molecule has 0 fully saturated rings. The Kier molecular flexibility index (Phi) is 66.4. The lowest BCUT2D eigenvalue weighted by Gasteiger charge is -2.22. The number of nitrogens with one attached hydrogen (secondary N) is 1. The minimum Gasteiger partial charge on any atom is -0.466 e. The van der Waals surface area contributed by atoms with Crippen LogP contribution >= 0.6 is 0 Å². The van der Waals surface area contributed by atoms with Crippen LogP contribution in [0.5, 0.6) is 0 Å². The number of aliphatic hydroxyl groups excluding tert-OH is 2. The van der Waals surface area contributed by atoms with Crippen molar-refractivity contribution in [3.63, 3.8) is 0 Å². The molecule has 0 aliphatic heterocycles. The van der Waals surface area contributed by atoms with Gasteiger partial charge in [-0.1, -0.05) is 334 Å². The molecule has 2 atom stereocenters. The Morgan fingerprint density at radius 3 is 0.910 bits per heavy atom. The predicted molar refractivity (Wildman–Crippen MR) is 343 cm³/mol. The van der Waals surface area contributed by atoms with E-state index in [0.29, 0.717) is 25.9 Å². The first kappa shape index (κ1) is 76.3. The van der Waals surface area contributed by atoms with Crippen molar-refractivity contribution in [2.24, 2.45) is 0 Å². The molecule has 0 rings (SSSR count). The number of aliphatic hydroxyl groups is 2. The Balaban J connectivity index is 3.36. The molecule has 0 spiro atoms. The molecule has 0 radical (unpaired) electrons. The summed E-state index contributed by atoms with van der Waals surface area (Å²) in [5.74, 6) is -0.0207. The highest BCUT2D eigenvalue weighted by atomic mass is 16.5. The highest BCUT2D eigenvalue weighted by molar-refractivity contribution is 5.76. The largest absolute Gasteiger partial charge is 0.466 e. The summed E-state index contributed by atoms with van der Waals surface area (Å²) in [6, 6.07) is -0.540. The normalized spacial score (nSPS) is 12.6. The van der Waals surface area contributed by atoms with Crippen LogP contribution < -0.4 is 5.32 Å². The molecule has 0 saturated carbocycles. The molecular formula is C72H139NO5. The van der Waals surface area contributed by atoms with Crippen LogP contribution in [-0.2, 0) is 14.3 Å². The van der Waals surface area contributed by atoms with E-state index < -0.39 is 12.1 Å². The van der Waals surface area contributed by atoms with Gasteiger partial charge in [0.1, 0.15) is 0 Å². The van der Waals surface area contributed by atoms with Crippen molar-refractivity contribution in [2.45, 2.75) is 411 Å². The Labute approximate surface area is 488 Å². The number of rotatable bonds is 67.